The van der Waals surface area contributed by atoms with Crippen LogP contribution in [-0.2, 0) is 14.3 Å². The average Bonchev–Trinajstić information content (AvgIpc) is 2.68. The van der Waals surface area contributed by atoms with E-state index < -0.39 is 0 Å². The van der Waals surface area contributed by atoms with E-state index in [-0.39, 0.29) is 11.5 Å². The number of ether oxygens (including phenoxy) is 2. The Balaban J connectivity index is -0.000000427. The van der Waals surface area contributed by atoms with E-state index in [0.717, 1.165) is 63.0 Å². The predicted molar refractivity (Wildman–Crippen MR) is 148 cm³/mol. The number of amides is 1. The van der Waals surface area contributed by atoms with Crippen molar-refractivity contribution in [3.8, 4) is 0 Å². The van der Waals surface area contributed by atoms with Gasteiger partial charge in [-0.1, -0.05) is 55.9 Å². The molecule has 0 aliphatic carbocycles. The SMILES string of the molecule is C=CNCCSSCCNC(=O)CCC.CC(C)CCOC(C)(C)C.CCCOC(C)C. The summed E-state index contributed by atoms with van der Waals surface area (Å²) in [5.74, 6) is 2.94. The van der Waals surface area contributed by atoms with Crippen LogP contribution in [-0.4, -0.2) is 55.4 Å². The van der Waals surface area contributed by atoms with Crippen molar-refractivity contribution in [1.29, 1.82) is 0 Å². The third kappa shape index (κ3) is 43.5. The van der Waals surface area contributed by atoms with Gasteiger partial charge in [0.25, 0.3) is 0 Å². The second-order valence-electron chi connectivity index (χ2n) is 8.97. The highest BCUT2D eigenvalue weighted by atomic mass is 33.1. The lowest BCUT2D eigenvalue weighted by Gasteiger charge is -2.19. The summed E-state index contributed by atoms with van der Waals surface area (Å²) in [7, 11) is 3.60. The van der Waals surface area contributed by atoms with Crippen LogP contribution in [0.3, 0.4) is 0 Å². The minimum Gasteiger partial charge on any atom is -0.391 e. The van der Waals surface area contributed by atoms with Gasteiger partial charge in [0, 0.05) is 44.2 Å². The molecule has 0 saturated heterocycles. The van der Waals surface area contributed by atoms with Gasteiger partial charge in [0.15, 0.2) is 0 Å². The molecule has 0 unspecified atom stereocenters. The van der Waals surface area contributed by atoms with E-state index in [9.17, 15) is 4.79 Å². The van der Waals surface area contributed by atoms with Crippen LogP contribution in [0.15, 0.2) is 12.8 Å². The largest absolute Gasteiger partial charge is 0.391 e. The van der Waals surface area contributed by atoms with E-state index in [2.05, 4.69) is 72.6 Å². The molecule has 7 heteroatoms. The minimum atomic E-state index is 0.0366. The quantitative estimate of drug-likeness (QED) is 0.184. The highest BCUT2D eigenvalue weighted by molar-refractivity contribution is 8.76. The lowest BCUT2D eigenvalue weighted by Crippen LogP contribution is -2.24. The highest BCUT2D eigenvalue weighted by Crippen LogP contribution is 2.19. The molecule has 1 amide bonds. The summed E-state index contributed by atoms with van der Waals surface area (Å²) in [6.07, 6.45) is 5.95. The lowest BCUT2D eigenvalue weighted by atomic mass is 10.1. The van der Waals surface area contributed by atoms with Crippen molar-refractivity contribution in [2.45, 2.75) is 99.7 Å². The van der Waals surface area contributed by atoms with Crippen LogP contribution in [0.2, 0.25) is 0 Å². The number of carbonyl (C=O) groups is 1. The fraction of sp³-hybridized carbons (Fsp3) is 0.880. The summed E-state index contributed by atoms with van der Waals surface area (Å²) in [5, 5.41) is 5.91. The molecule has 0 aliphatic heterocycles. The summed E-state index contributed by atoms with van der Waals surface area (Å²) in [4.78, 5) is 11.1. The molecule has 0 aromatic rings. The van der Waals surface area contributed by atoms with Crippen molar-refractivity contribution >= 4 is 27.5 Å². The van der Waals surface area contributed by atoms with Gasteiger partial charge in [0.05, 0.1) is 11.7 Å². The van der Waals surface area contributed by atoms with Gasteiger partial charge in [-0.3, -0.25) is 4.79 Å². The van der Waals surface area contributed by atoms with Crippen LogP contribution in [0.25, 0.3) is 0 Å². The van der Waals surface area contributed by atoms with Crippen molar-refractivity contribution < 1.29 is 14.3 Å². The van der Waals surface area contributed by atoms with Crippen LogP contribution in [0.5, 0.6) is 0 Å². The summed E-state index contributed by atoms with van der Waals surface area (Å²) in [6, 6.07) is 0. The molecule has 5 nitrogen and oxygen atoms in total. The van der Waals surface area contributed by atoms with Gasteiger partial charge in [0.2, 0.25) is 5.91 Å². The second-order valence-corrected chi connectivity index (χ2v) is 11.7. The lowest BCUT2D eigenvalue weighted by molar-refractivity contribution is -0.120. The van der Waals surface area contributed by atoms with Crippen molar-refractivity contribution in [3.63, 3.8) is 0 Å². The van der Waals surface area contributed by atoms with E-state index in [1.807, 2.05) is 17.7 Å². The molecule has 0 saturated carbocycles. The first-order valence-electron chi connectivity index (χ1n) is 12.1. The molecule has 0 bridgehead atoms. The standard InChI is InChI=1S/C10H20N2OS2.C9H20O.C6H14O/c1-3-5-10(13)12-7-9-15-14-8-6-11-4-2;1-8(2)6-7-10-9(3,4)5;1-4-5-7-6(2)3/h4,11H,2-3,5-9H2,1H3,(H,12,13);8H,6-7H2,1-5H3;6H,4-5H2,1-3H3. The molecule has 2 N–H and O–H groups in total. The Morgan fingerprint density at radius 2 is 1.59 bits per heavy atom. The van der Waals surface area contributed by atoms with Gasteiger partial charge in [-0.2, -0.15) is 0 Å². The molecule has 0 heterocycles. The van der Waals surface area contributed by atoms with Crippen molar-refractivity contribution in [2.75, 3.05) is 37.8 Å². The highest BCUT2D eigenvalue weighted by Gasteiger charge is 2.09. The number of rotatable bonds is 16. The molecule has 0 aromatic carbocycles. The molecule has 194 valence electrons. The Morgan fingerprint density at radius 3 is 2.00 bits per heavy atom. The fourth-order valence-corrected chi connectivity index (χ4v) is 3.65. The molecule has 0 aromatic heterocycles. The zero-order chi connectivity index (χ0) is 25.3. The van der Waals surface area contributed by atoms with Crippen LogP contribution in [0.4, 0.5) is 0 Å². The first-order chi connectivity index (χ1) is 15.0. The maximum Gasteiger partial charge on any atom is 0.220 e. The maximum atomic E-state index is 11.1. The summed E-state index contributed by atoms with van der Waals surface area (Å²) >= 11 is 0. The molecular weight excluding hydrogens is 440 g/mol. The van der Waals surface area contributed by atoms with Crippen molar-refractivity contribution in [2.24, 2.45) is 5.92 Å². The van der Waals surface area contributed by atoms with Crippen LogP contribution < -0.4 is 10.6 Å². The van der Waals surface area contributed by atoms with Crippen molar-refractivity contribution in [3.05, 3.63) is 12.8 Å². The smallest absolute Gasteiger partial charge is 0.220 e. The predicted octanol–water partition coefficient (Wildman–Crippen LogP) is 6.69. The van der Waals surface area contributed by atoms with Gasteiger partial charge in [-0.15, -0.1) is 0 Å². The molecular formula is C25H54N2O3S2. The number of nitrogens with one attached hydrogen (secondary N) is 2. The Bertz CT molecular complexity index is 401. The van der Waals surface area contributed by atoms with Gasteiger partial charge in [-0.25, -0.2) is 0 Å². The van der Waals surface area contributed by atoms with Gasteiger partial charge in [0.1, 0.15) is 0 Å². The number of hydrogen-bond donors (Lipinski definition) is 2. The first kappa shape index (κ1) is 36.2. The first-order valence-corrected chi connectivity index (χ1v) is 14.6. The molecule has 0 rings (SSSR count). The summed E-state index contributed by atoms with van der Waals surface area (Å²) in [6.45, 7) is 26.0. The number of carbonyl (C=O) groups excluding carboxylic acids is 1. The third-order valence-corrected chi connectivity index (χ3v) is 5.84. The normalized spacial score (nSPS) is 10.7. The van der Waals surface area contributed by atoms with Crippen LogP contribution >= 0.6 is 21.6 Å². The minimum absolute atomic E-state index is 0.0366. The van der Waals surface area contributed by atoms with E-state index in [1.165, 1.54) is 0 Å². The van der Waals surface area contributed by atoms with Gasteiger partial charge < -0.3 is 20.1 Å². The Morgan fingerprint density at radius 1 is 1.00 bits per heavy atom. The van der Waals surface area contributed by atoms with E-state index in [0.29, 0.717) is 12.5 Å². The monoisotopic (exact) mass is 494 g/mol. The topological polar surface area (TPSA) is 59.6 Å². The molecule has 0 aliphatic rings. The molecule has 0 atom stereocenters. The van der Waals surface area contributed by atoms with Gasteiger partial charge >= 0.3 is 0 Å². The van der Waals surface area contributed by atoms with Gasteiger partial charge in [-0.05, 0) is 66.0 Å². The second kappa shape index (κ2) is 26.9. The number of hydrogen-bond acceptors (Lipinski definition) is 6. The average molecular weight is 495 g/mol. The molecule has 0 spiro atoms. The third-order valence-electron chi connectivity index (χ3n) is 3.43. The van der Waals surface area contributed by atoms with E-state index in [1.54, 1.807) is 17.0 Å². The summed E-state index contributed by atoms with van der Waals surface area (Å²) in [5.41, 5.74) is 0.0366. The Hall–Kier alpha value is -0.370. The molecule has 0 radical (unpaired) electrons. The van der Waals surface area contributed by atoms with Crippen LogP contribution in [0, 0.1) is 5.92 Å². The summed E-state index contributed by atoms with van der Waals surface area (Å²) < 4.78 is 10.7. The zero-order valence-corrected chi connectivity index (χ0v) is 24.2. The zero-order valence-electron chi connectivity index (χ0n) is 22.6. The van der Waals surface area contributed by atoms with E-state index >= 15 is 0 Å². The Labute approximate surface area is 208 Å². The van der Waals surface area contributed by atoms with Crippen LogP contribution in [0.1, 0.15) is 88.0 Å². The molecule has 0 fully saturated rings. The fourth-order valence-electron chi connectivity index (χ4n) is 1.82. The Kier molecular flexibility index (Phi) is 30.4. The maximum absolute atomic E-state index is 11.1. The van der Waals surface area contributed by atoms with Crippen molar-refractivity contribution in [1.82, 2.24) is 10.6 Å². The molecule has 32 heavy (non-hydrogen) atoms. The van der Waals surface area contributed by atoms with E-state index in [4.69, 9.17) is 9.47 Å².